The molecule has 1 aromatic rings. The lowest BCUT2D eigenvalue weighted by Crippen LogP contribution is -2.55. The fourth-order valence-electron chi connectivity index (χ4n) is 4.06. The number of hydrogen-bond donors (Lipinski definition) is 1. The molecule has 3 rings (SSSR count). The highest BCUT2D eigenvalue weighted by Gasteiger charge is 2.34. The molecule has 2 aliphatic heterocycles. The largest absolute Gasteiger partial charge is 0.366 e. The summed E-state index contributed by atoms with van der Waals surface area (Å²) >= 11 is 0. The van der Waals surface area contributed by atoms with Crippen LogP contribution in [0.1, 0.15) is 37.8 Å². The lowest BCUT2D eigenvalue weighted by atomic mass is 10.0. The Labute approximate surface area is 129 Å². The first-order chi connectivity index (χ1) is 10.0. The molecule has 1 aromatic carbocycles. The van der Waals surface area contributed by atoms with Crippen LogP contribution in [0.2, 0.25) is 0 Å². The van der Waals surface area contributed by atoms with E-state index in [1.165, 1.54) is 49.3 Å². The Kier molecular flexibility index (Phi) is 4.23. The van der Waals surface area contributed by atoms with Gasteiger partial charge in [0.1, 0.15) is 0 Å². The molecule has 2 N–H and O–H groups in total. The van der Waals surface area contributed by atoms with Gasteiger partial charge in [-0.05, 0) is 63.8 Å². The minimum absolute atomic E-state index is 0.233. The Hall–Kier alpha value is -1.06. The molecule has 21 heavy (non-hydrogen) atoms. The molecular weight excluding hydrogens is 258 g/mol. The molecule has 3 unspecified atom stereocenters. The van der Waals surface area contributed by atoms with Gasteiger partial charge in [0, 0.05) is 36.9 Å². The lowest BCUT2D eigenvalue weighted by molar-refractivity contribution is 0.203. The zero-order chi connectivity index (χ0) is 15.0. The monoisotopic (exact) mass is 287 g/mol. The highest BCUT2D eigenvalue weighted by atomic mass is 15.3. The smallest absolute Gasteiger partial charge is 0.0399 e. The van der Waals surface area contributed by atoms with Gasteiger partial charge in [-0.1, -0.05) is 12.1 Å². The van der Waals surface area contributed by atoms with Crippen molar-refractivity contribution >= 4 is 5.69 Å². The minimum atomic E-state index is 0.233. The topological polar surface area (TPSA) is 32.5 Å². The van der Waals surface area contributed by atoms with Crippen molar-refractivity contribution in [1.29, 1.82) is 0 Å². The Morgan fingerprint density at radius 3 is 2.86 bits per heavy atom. The predicted molar refractivity (Wildman–Crippen MR) is 89.9 cm³/mol. The summed E-state index contributed by atoms with van der Waals surface area (Å²) in [6.45, 7) is 10.4. The normalized spacial score (nSPS) is 27.7. The van der Waals surface area contributed by atoms with E-state index in [-0.39, 0.29) is 6.04 Å². The molecule has 0 radical (unpaired) electrons. The SMILES string of the molecule is Cc1cc(CC(C)N)ccc1N1CC2CCCN2CC1C. The molecule has 0 aromatic heterocycles. The predicted octanol–water partition coefficient (Wildman–Crippen LogP) is 2.56. The Balaban J connectivity index is 1.79. The molecule has 2 aliphatic rings. The summed E-state index contributed by atoms with van der Waals surface area (Å²) in [6.07, 6.45) is 3.70. The third-order valence-corrected chi connectivity index (χ3v) is 5.07. The van der Waals surface area contributed by atoms with E-state index in [0.717, 1.165) is 12.5 Å². The van der Waals surface area contributed by atoms with Gasteiger partial charge in [-0.2, -0.15) is 0 Å². The number of benzene rings is 1. The zero-order valence-electron chi connectivity index (χ0n) is 13.7. The first-order valence-electron chi connectivity index (χ1n) is 8.40. The average molecular weight is 287 g/mol. The van der Waals surface area contributed by atoms with Gasteiger partial charge in [0.15, 0.2) is 0 Å². The quantitative estimate of drug-likeness (QED) is 0.927. The molecular formula is C18H29N3. The molecule has 2 heterocycles. The number of hydrogen-bond acceptors (Lipinski definition) is 3. The standard InChI is InChI=1S/C18H29N3/c1-13-9-16(10-14(2)19)6-7-18(13)21-12-17-5-4-8-20(17)11-15(21)3/h6-7,9,14-15,17H,4-5,8,10-12,19H2,1-3H3. The highest BCUT2D eigenvalue weighted by molar-refractivity contribution is 5.56. The molecule has 3 nitrogen and oxygen atoms in total. The maximum atomic E-state index is 5.92. The average Bonchev–Trinajstić information content (AvgIpc) is 2.84. The summed E-state index contributed by atoms with van der Waals surface area (Å²) in [5.74, 6) is 0. The highest BCUT2D eigenvalue weighted by Crippen LogP contribution is 2.31. The van der Waals surface area contributed by atoms with Crippen molar-refractivity contribution in [3.8, 4) is 0 Å². The van der Waals surface area contributed by atoms with Gasteiger partial charge >= 0.3 is 0 Å². The van der Waals surface area contributed by atoms with Crippen LogP contribution < -0.4 is 10.6 Å². The van der Waals surface area contributed by atoms with Crippen molar-refractivity contribution in [2.45, 2.75) is 58.2 Å². The molecule has 0 amide bonds. The Bertz CT molecular complexity index is 497. The molecule has 3 heteroatoms. The fourth-order valence-corrected chi connectivity index (χ4v) is 4.06. The first kappa shape index (κ1) is 14.9. The molecule has 0 spiro atoms. The summed E-state index contributed by atoms with van der Waals surface area (Å²) in [7, 11) is 0. The van der Waals surface area contributed by atoms with Gasteiger partial charge in [0.25, 0.3) is 0 Å². The van der Waals surface area contributed by atoms with Crippen LogP contribution in [-0.2, 0) is 6.42 Å². The van der Waals surface area contributed by atoms with Crippen LogP contribution >= 0.6 is 0 Å². The minimum Gasteiger partial charge on any atom is -0.366 e. The van der Waals surface area contributed by atoms with Gasteiger partial charge in [0.2, 0.25) is 0 Å². The van der Waals surface area contributed by atoms with E-state index in [4.69, 9.17) is 5.73 Å². The van der Waals surface area contributed by atoms with Crippen molar-refractivity contribution in [1.82, 2.24) is 4.90 Å². The van der Waals surface area contributed by atoms with E-state index in [9.17, 15) is 0 Å². The lowest BCUT2D eigenvalue weighted by Gasteiger charge is -2.44. The maximum Gasteiger partial charge on any atom is 0.0399 e. The number of nitrogens with two attached hydrogens (primary N) is 1. The number of piperazine rings is 1. The fraction of sp³-hybridized carbons (Fsp3) is 0.667. The third kappa shape index (κ3) is 3.09. The summed E-state index contributed by atoms with van der Waals surface area (Å²) in [5.41, 5.74) is 10.1. The molecule has 0 bridgehead atoms. The van der Waals surface area contributed by atoms with E-state index >= 15 is 0 Å². The number of fused-ring (bicyclic) bond motifs is 1. The molecule has 116 valence electrons. The van der Waals surface area contributed by atoms with Gasteiger partial charge in [0.05, 0.1) is 0 Å². The van der Waals surface area contributed by atoms with E-state index in [0.29, 0.717) is 6.04 Å². The van der Waals surface area contributed by atoms with Crippen LogP contribution in [0.15, 0.2) is 18.2 Å². The molecule has 3 atom stereocenters. The van der Waals surface area contributed by atoms with Crippen LogP contribution in [0.3, 0.4) is 0 Å². The van der Waals surface area contributed by atoms with Crippen molar-refractivity contribution < 1.29 is 0 Å². The van der Waals surface area contributed by atoms with Crippen molar-refractivity contribution in [3.05, 3.63) is 29.3 Å². The summed E-state index contributed by atoms with van der Waals surface area (Å²) in [6, 6.07) is 8.51. The number of anilines is 1. The number of nitrogens with zero attached hydrogens (tertiary/aromatic N) is 2. The van der Waals surface area contributed by atoms with Crippen molar-refractivity contribution in [2.75, 3.05) is 24.5 Å². The van der Waals surface area contributed by atoms with Gasteiger partial charge in [-0.3, -0.25) is 4.90 Å². The van der Waals surface area contributed by atoms with Crippen LogP contribution in [0.25, 0.3) is 0 Å². The second kappa shape index (κ2) is 5.98. The van der Waals surface area contributed by atoms with E-state index in [2.05, 4.69) is 48.8 Å². The molecule has 2 fully saturated rings. The second-order valence-electron chi connectivity index (χ2n) is 7.09. The van der Waals surface area contributed by atoms with Crippen LogP contribution in [-0.4, -0.2) is 42.7 Å². The van der Waals surface area contributed by atoms with Crippen molar-refractivity contribution in [2.24, 2.45) is 5.73 Å². The second-order valence-corrected chi connectivity index (χ2v) is 7.09. The van der Waals surface area contributed by atoms with Gasteiger partial charge < -0.3 is 10.6 Å². The maximum absolute atomic E-state index is 5.92. The third-order valence-electron chi connectivity index (χ3n) is 5.07. The number of rotatable bonds is 3. The number of aryl methyl sites for hydroxylation is 1. The van der Waals surface area contributed by atoms with E-state index in [1.807, 2.05) is 0 Å². The Morgan fingerprint density at radius 1 is 1.33 bits per heavy atom. The molecule has 0 saturated carbocycles. The Morgan fingerprint density at radius 2 is 2.14 bits per heavy atom. The zero-order valence-corrected chi connectivity index (χ0v) is 13.7. The summed E-state index contributed by atoms with van der Waals surface area (Å²) in [5, 5.41) is 0. The first-order valence-corrected chi connectivity index (χ1v) is 8.40. The van der Waals surface area contributed by atoms with Crippen molar-refractivity contribution in [3.63, 3.8) is 0 Å². The molecule has 0 aliphatic carbocycles. The van der Waals surface area contributed by atoms with Crippen LogP contribution in [0.4, 0.5) is 5.69 Å². The van der Waals surface area contributed by atoms with E-state index < -0.39 is 0 Å². The van der Waals surface area contributed by atoms with Crippen LogP contribution in [0.5, 0.6) is 0 Å². The van der Waals surface area contributed by atoms with Gasteiger partial charge in [-0.25, -0.2) is 0 Å². The molecule has 2 saturated heterocycles. The summed E-state index contributed by atoms with van der Waals surface area (Å²) in [4.78, 5) is 5.30. The van der Waals surface area contributed by atoms with E-state index in [1.54, 1.807) is 0 Å². The van der Waals surface area contributed by atoms with Crippen LogP contribution in [0, 0.1) is 6.92 Å². The van der Waals surface area contributed by atoms with Gasteiger partial charge in [-0.15, -0.1) is 0 Å². The summed E-state index contributed by atoms with van der Waals surface area (Å²) < 4.78 is 0.